The second kappa shape index (κ2) is 7.14. The topological polar surface area (TPSA) is 83.8 Å². The van der Waals surface area contributed by atoms with Crippen LogP contribution < -0.4 is 20.4 Å². The maximum Gasteiger partial charge on any atom is 0.341 e. The summed E-state index contributed by atoms with van der Waals surface area (Å²) in [5, 5.41) is 12.8. The minimum Gasteiger partial charge on any atom is -0.479 e. The zero-order chi connectivity index (χ0) is 20.8. The number of ether oxygens (including phenoxy) is 1. The van der Waals surface area contributed by atoms with Crippen molar-refractivity contribution in [2.75, 3.05) is 31.1 Å². The standard InChI is InChI=1S/C22H20FN3O4/c23-16-10-14-18-21(19(16)25-8-6-24-7-9-25)30-17(13-4-2-1-3-5-13)12-26(18)11-15(20(14)27)22(28)29/h1-5,10-11,17,24H,6-9,12H2,(H,28,29). The number of aromatic carboxylic acids is 1. The lowest BCUT2D eigenvalue weighted by Crippen LogP contribution is -2.44. The van der Waals surface area contributed by atoms with E-state index >= 15 is 4.39 Å². The van der Waals surface area contributed by atoms with Crippen LogP contribution in [0.3, 0.4) is 0 Å². The van der Waals surface area contributed by atoms with Crippen LogP contribution >= 0.6 is 0 Å². The van der Waals surface area contributed by atoms with Crippen LogP contribution in [0.5, 0.6) is 5.75 Å². The minimum absolute atomic E-state index is 0.0211. The third-order valence-corrected chi connectivity index (χ3v) is 5.70. The number of benzene rings is 2. The molecule has 0 radical (unpaired) electrons. The second-order valence-corrected chi connectivity index (χ2v) is 7.52. The molecule has 7 nitrogen and oxygen atoms in total. The van der Waals surface area contributed by atoms with Gasteiger partial charge in [0.05, 0.1) is 17.4 Å². The summed E-state index contributed by atoms with van der Waals surface area (Å²) in [6.45, 7) is 2.95. The highest BCUT2D eigenvalue weighted by atomic mass is 19.1. The number of carbonyl (C=O) groups is 1. The fourth-order valence-electron chi connectivity index (χ4n) is 4.28. The van der Waals surface area contributed by atoms with Crippen molar-refractivity contribution in [2.45, 2.75) is 12.6 Å². The molecule has 154 valence electrons. The molecule has 2 aliphatic rings. The Kier molecular flexibility index (Phi) is 4.43. The van der Waals surface area contributed by atoms with Crippen molar-refractivity contribution in [2.24, 2.45) is 0 Å². The van der Waals surface area contributed by atoms with E-state index in [0.29, 0.717) is 49.7 Å². The Morgan fingerprint density at radius 1 is 1.20 bits per heavy atom. The van der Waals surface area contributed by atoms with Crippen LogP contribution in [-0.4, -0.2) is 41.8 Å². The molecular weight excluding hydrogens is 389 g/mol. The summed E-state index contributed by atoms with van der Waals surface area (Å²) in [7, 11) is 0. The van der Waals surface area contributed by atoms with Gasteiger partial charge in [0.1, 0.15) is 17.4 Å². The maximum atomic E-state index is 15.3. The van der Waals surface area contributed by atoms with Crippen LogP contribution in [0.4, 0.5) is 10.1 Å². The second-order valence-electron chi connectivity index (χ2n) is 7.52. The molecule has 0 aliphatic carbocycles. The lowest BCUT2D eigenvalue weighted by Gasteiger charge is -2.35. The number of nitrogens with zero attached hydrogens (tertiary/aromatic N) is 2. The Labute approximate surface area is 171 Å². The Morgan fingerprint density at radius 3 is 2.63 bits per heavy atom. The molecular formula is C22H20FN3O4. The number of aromatic nitrogens is 1. The van der Waals surface area contributed by atoms with Gasteiger partial charge >= 0.3 is 5.97 Å². The molecule has 0 spiro atoms. The van der Waals surface area contributed by atoms with E-state index in [1.54, 1.807) is 4.57 Å². The third kappa shape index (κ3) is 2.91. The van der Waals surface area contributed by atoms with Crippen LogP contribution in [0, 0.1) is 5.82 Å². The highest BCUT2D eigenvalue weighted by Crippen LogP contribution is 2.43. The molecule has 0 saturated carbocycles. The van der Waals surface area contributed by atoms with Crippen molar-refractivity contribution in [1.82, 2.24) is 9.88 Å². The summed E-state index contributed by atoms with van der Waals surface area (Å²) in [5.41, 5.74) is 0.564. The van der Waals surface area contributed by atoms with Crippen LogP contribution in [0.1, 0.15) is 22.0 Å². The zero-order valence-electron chi connectivity index (χ0n) is 16.1. The highest BCUT2D eigenvalue weighted by molar-refractivity contribution is 5.97. The molecule has 3 heterocycles. The van der Waals surface area contributed by atoms with Crippen molar-refractivity contribution < 1.29 is 19.0 Å². The Morgan fingerprint density at radius 2 is 1.93 bits per heavy atom. The number of piperazine rings is 1. The van der Waals surface area contributed by atoms with E-state index in [9.17, 15) is 14.7 Å². The number of pyridine rings is 1. The van der Waals surface area contributed by atoms with E-state index in [2.05, 4.69) is 5.32 Å². The predicted molar refractivity (Wildman–Crippen MR) is 110 cm³/mol. The Balaban J connectivity index is 1.78. The molecule has 1 unspecified atom stereocenters. The molecule has 3 aromatic rings. The number of hydrogen-bond donors (Lipinski definition) is 2. The molecule has 1 saturated heterocycles. The first-order chi connectivity index (χ1) is 14.5. The van der Waals surface area contributed by atoms with Gasteiger partial charge in [-0.25, -0.2) is 9.18 Å². The SMILES string of the molecule is O=C(O)c1cn2c3c(c(N4CCNCC4)c(F)cc3c1=O)OC(c1ccccc1)C2. The Hall–Kier alpha value is -3.39. The number of carboxylic acids is 1. The number of hydrogen-bond acceptors (Lipinski definition) is 5. The van der Waals surface area contributed by atoms with Gasteiger partial charge in [-0.05, 0) is 11.6 Å². The quantitative estimate of drug-likeness (QED) is 0.691. The molecule has 0 bridgehead atoms. The average Bonchev–Trinajstić information content (AvgIpc) is 2.76. The summed E-state index contributed by atoms with van der Waals surface area (Å²) in [5.74, 6) is -1.62. The first kappa shape index (κ1) is 18.6. The predicted octanol–water partition coefficient (Wildman–Crippen LogP) is 2.38. The fraction of sp³-hybridized carbons (Fsp3) is 0.273. The van der Waals surface area contributed by atoms with Gasteiger partial charge in [-0.1, -0.05) is 30.3 Å². The molecule has 2 aliphatic heterocycles. The van der Waals surface area contributed by atoms with Crippen molar-refractivity contribution in [3.05, 3.63) is 69.8 Å². The van der Waals surface area contributed by atoms with E-state index < -0.39 is 23.3 Å². The molecule has 2 N–H and O–H groups in total. The number of nitrogens with one attached hydrogen (secondary N) is 1. The van der Waals surface area contributed by atoms with Crippen molar-refractivity contribution >= 4 is 22.6 Å². The first-order valence-corrected chi connectivity index (χ1v) is 9.85. The largest absolute Gasteiger partial charge is 0.479 e. The zero-order valence-corrected chi connectivity index (χ0v) is 16.1. The van der Waals surface area contributed by atoms with Crippen LogP contribution in [0.2, 0.25) is 0 Å². The molecule has 1 fully saturated rings. The molecule has 8 heteroatoms. The smallest absolute Gasteiger partial charge is 0.341 e. The Bertz CT molecular complexity index is 1200. The molecule has 2 aromatic carbocycles. The number of rotatable bonds is 3. The van der Waals surface area contributed by atoms with Gasteiger partial charge in [-0.2, -0.15) is 0 Å². The van der Waals surface area contributed by atoms with Gasteiger partial charge < -0.3 is 24.6 Å². The average molecular weight is 409 g/mol. The van der Waals surface area contributed by atoms with E-state index in [-0.39, 0.29) is 10.9 Å². The molecule has 30 heavy (non-hydrogen) atoms. The van der Waals surface area contributed by atoms with Gasteiger partial charge in [0.25, 0.3) is 0 Å². The van der Waals surface area contributed by atoms with Crippen LogP contribution in [0.25, 0.3) is 10.9 Å². The van der Waals surface area contributed by atoms with Gasteiger partial charge in [0.2, 0.25) is 5.43 Å². The van der Waals surface area contributed by atoms with Gasteiger partial charge in [-0.15, -0.1) is 0 Å². The summed E-state index contributed by atoms with van der Waals surface area (Å²) < 4.78 is 23.3. The number of halogens is 1. The molecule has 5 rings (SSSR count). The summed E-state index contributed by atoms with van der Waals surface area (Å²) >= 11 is 0. The van der Waals surface area contributed by atoms with Crippen molar-refractivity contribution in [1.29, 1.82) is 0 Å². The van der Waals surface area contributed by atoms with Crippen molar-refractivity contribution in [3.63, 3.8) is 0 Å². The van der Waals surface area contributed by atoms with E-state index in [0.717, 1.165) is 11.6 Å². The summed E-state index contributed by atoms with van der Waals surface area (Å²) in [6, 6.07) is 10.6. The van der Waals surface area contributed by atoms with Crippen LogP contribution in [-0.2, 0) is 6.54 Å². The fourth-order valence-corrected chi connectivity index (χ4v) is 4.28. The first-order valence-electron chi connectivity index (χ1n) is 9.85. The van der Waals surface area contributed by atoms with Gasteiger partial charge in [-0.3, -0.25) is 4.79 Å². The van der Waals surface area contributed by atoms with Gasteiger partial charge in [0.15, 0.2) is 11.6 Å². The summed E-state index contributed by atoms with van der Waals surface area (Å²) in [4.78, 5) is 26.3. The monoisotopic (exact) mass is 409 g/mol. The molecule has 1 aromatic heterocycles. The summed E-state index contributed by atoms with van der Waals surface area (Å²) in [6.07, 6.45) is 0.906. The van der Waals surface area contributed by atoms with E-state index in [1.165, 1.54) is 6.20 Å². The molecule has 1 atom stereocenters. The minimum atomic E-state index is -1.33. The lowest BCUT2D eigenvalue weighted by atomic mass is 10.0. The number of anilines is 1. The molecule has 0 amide bonds. The lowest BCUT2D eigenvalue weighted by molar-refractivity contribution is 0.0694. The normalized spacial score (nSPS) is 18.3. The van der Waals surface area contributed by atoms with E-state index in [1.807, 2.05) is 35.2 Å². The highest BCUT2D eigenvalue weighted by Gasteiger charge is 2.32. The third-order valence-electron chi connectivity index (χ3n) is 5.70. The number of carboxylic acid groups (broad SMARTS) is 1. The van der Waals surface area contributed by atoms with Crippen molar-refractivity contribution in [3.8, 4) is 5.75 Å². The maximum absolute atomic E-state index is 15.3. The van der Waals surface area contributed by atoms with Gasteiger partial charge in [0, 0.05) is 32.4 Å². The van der Waals surface area contributed by atoms with Crippen LogP contribution in [0.15, 0.2) is 47.4 Å². The van der Waals surface area contributed by atoms with E-state index in [4.69, 9.17) is 4.74 Å².